The van der Waals surface area contributed by atoms with Gasteiger partial charge in [-0.05, 0) is 48.6 Å². The minimum absolute atomic E-state index is 0.0746. The quantitative estimate of drug-likeness (QED) is 0.462. The molecule has 1 heterocycles. The summed E-state index contributed by atoms with van der Waals surface area (Å²) in [5.74, 6) is -0.00354. The molecule has 0 spiro atoms. The van der Waals surface area contributed by atoms with Crippen molar-refractivity contribution in [3.63, 3.8) is 0 Å². The molecule has 6 heteroatoms. The molecule has 1 atom stereocenters. The molecule has 5 nitrogen and oxygen atoms in total. The predicted molar refractivity (Wildman–Crippen MR) is 132 cm³/mol. The summed E-state index contributed by atoms with van der Waals surface area (Å²) < 4.78 is 28.0. The monoisotopic (exact) mass is 475 g/mol. The van der Waals surface area contributed by atoms with Crippen LogP contribution in [-0.2, 0) is 38.9 Å². The summed E-state index contributed by atoms with van der Waals surface area (Å²) in [4.78, 5) is 25.5. The second-order valence-electron chi connectivity index (χ2n) is 8.92. The van der Waals surface area contributed by atoms with Gasteiger partial charge in [0.2, 0.25) is 10.0 Å². The number of hydrogen-bond donors (Lipinski definition) is 0. The first-order valence-electron chi connectivity index (χ1n) is 11.6. The number of rotatable bonds is 9. The van der Waals surface area contributed by atoms with E-state index in [0.717, 1.165) is 22.3 Å². The van der Waals surface area contributed by atoms with Crippen LogP contribution in [0.4, 0.5) is 0 Å². The summed E-state index contributed by atoms with van der Waals surface area (Å²) in [7, 11) is -3.80. The number of Topliss-reactive ketones (excluding diaryl/α,β-unsaturated/α-hetero) is 2. The third-order valence-corrected chi connectivity index (χ3v) is 8.17. The van der Waals surface area contributed by atoms with Gasteiger partial charge in [-0.25, -0.2) is 8.42 Å². The van der Waals surface area contributed by atoms with E-state index in [1.165, 1.54) is 4.31 Å². The second-order valence-corrected chi connectivity index (χ2v) is 10.8. The molecule has 4 rings (SSSR count). The highest BCUT2D eigenvalue weighted by Gasteiger charge is 2.39. The third kappa shape index (κ3) is 5.69. The van der Waals surface area contributed by atoms with Crippen LogP contribution in [0.3, 0.4) is 0 Å². The maximum atomic E-state index is 13.3. The zero-order chi connectivity index (χ0) is 24.1. The summed E-state index contributed by atoms with van der Waals surface area (Å²) >= 11 is 0. The molecule has 3 aromatic carbocycles. The zero-order valence-corrected chi connectivity index (χ0v) is 20.1. The van der Waals surface area contributed by atoms with E-state index in [0.29, 0.717) is 25.8 Å². The van der Waals surface area contributed by atoms with Gasteiger partial charge in [0, 0.05) is 25.8 Å². The zero-order valence-electron chi connectivity index (χ0n) is 19.3. The van der Waals surface area contributed by atoms with Crippen LogP contribution in [-0.4, -0.2) is 36.9 Å². The highest BCUT2D eigenvalue weighted by atomic mass is 32.2. The molecule has 0 bridgehead atoms. The predicted octanol–water partition coefficient (Wildman–Crippen LogP) is 4.31. The molecule has 1 aliphatic heterocycles. The van der Waals surface area contributed by atoms with Gasteiger partial charge in [0.15, 0.2) is 5.78 Å². The molecule has 1 aliphatic rings. The number of nitrogens with zero attached hydrogens (tertiary/aromatic N) is 1. The van der Waals surface area contributed by atoms with Gasteiger partial charge in [-0.2, -0.15) is 4.31 Å². The van der Waals surface area contributed by atoms with Crippen molar-refractivity contribution in [2.75, 3.05) is 6.54 Å². The van der Waals surface area contributed by atoms with Crippen LogP contribution >= 0.6 is 0 Å². The average Bonchev–Trinajstić information content (AvgIpc) is 3.33. The molecule has 0 N–H and O–H groups in total. The maximum Gasteiger partial charge on any atom is 0.243 e. The SMILES string of the molecule is Cc1ccc(CC(=O)Cc2ccc(S(=O)(=O)N3CCC[C@H]3C(=O)Cc3ccccc3)cc2)cc1. The van der Waals surface area contributed by atoms with Crippen LogP contribution in [0.1, 0.15) is 35.1 Å². The average molecular weight is 476 g/mol. The number of hydrogen-bond acceptors (Lipinski definition) is 4. The van der Waals surface area contributed by atoms with Gasteiger partial charge in [0.05, 0.1) is 10.9 Å². The highest BCUT2D eigenvalue weighted by molar-refractivity contribution is 7.89. The normalized spacial score (nSPS) is 16.4. The van der Waals surface area contributed by atoms with Crippen LogP contribution in [0.15, 0.2) is 83.8 Å². The molecule has 34 heavy (non-hydrogen) atoms. The Hall–Kier alpha value is -3.09. The van der Waals surface area contributed by atoms with E-state index in [1.54, 1.807) is 24.3 Å². The van der Waals surface area contributed by atoms with Crippen LogP contribution < -0.4 is 0 Å². The minimum atomic E-state index is -3.80. The van der Waals surface area contributed by atoms with Crippen molar-refractivity contribution < 1.29 is 18.0 Å². The number of carbonyl (C=O) groups excluding carboxylic acids is 2. The largest absolute Gasteiger partial charge is 0.299 e. The molecule has 0 radical (unpaired) electrons. The first-order chi connectivity index (χ1) is 16.3. The Labute approximate surface area is 201 Å². The Morgan fingerprint density at radius 3 is 1.97 bits per heavy atom. The van der Waals surface area contributed by atoms with Crippen LogP contribution in [0.5, 0.6) is 0 Å². The molecule has 0 saturated carbocycles. The smallest absolute Gasteiger partial charge is 0.243 e. The van der Waals surface area contributed by atoms with E-state index in [9.17, 15) is 18.0 Å². The second kappa shape index (κ2) is 10.5. The van der Waals surface area contributed by atoms with Gasteiger partial charge in [0.25, 0.3) is 0 Å². The molecular formula is C28H29NO4S. The van der Waals surface area contributed by atoms with Gasteiger partial charge in [-0.15, -0.1) is 0 Å². The summed E-state index contributed by atoms with van der Waals surface area (Å²) in [6, 6.07) is 23.1. The fourth-order valence-corrected chi connectivity index (χ4v) is 6.08. The van der Waals surface area contributed by atoms with E-state index >= 15 is 0 Å². The van der Waals surface area contributed by atoms with Gasteiger partial charge in [-0.1, -0.05) is 72.3 Å². The molecule has 1 fully saturated rings. The lowest BCUT2D eigenvalue weighted by Gasteiger charge is -2.23. The van der Waals surface area contributed by atoms with Crippen molar-refractivity contribution in [2.24, 2.45) is 0 Å². The molecule has 1 saturated heterocycles. The Morgan fingerprint density at radius 1 is 0.794 bits per heavy atom. The molecule has 0 amide bonds. The Kier molecular flexibility index (Phi) is 7.39. The van der Waals surface area contributed by atoms with Crippen LogP contribution in [0.25, 0.3) is 0 Å². The number of sulfonamides is 1. The Bertz CT molecular complexity index is 1250. The van der Waals surface area contributed by atoms with E-state index in [2.05, 4.69) is 0 Å². The topological polar surface area (TPSA) is 71.5 Å². The summed E-state index contributed by atoms with van der Waals surface area (Å²) in [6.07, 6.45) is 2.02. The van der Waals surface area contributed by atoms with Crippen molar-refractivity contribution >= 4 is 21.6 Å². The number of ketones is 2. The van der Waals surface area contributed by atoms with Crippen molar-refractivity contribution in [2.45, 2.75) is 50.0 Å². The Morgan fingerprint density at radius 2 is 1.35 bits per heavy atom. The lowest BCUT2D eigenvalue weighted by Crippen LogP contribution is -2.41. The van der Waals surface area contributed by atoms with E-state index in [-0.39, 0.29) is 29.3 Å². The molecule has 176 valence electrons. The molecule has 0 aliphatic carbocycles. The Balaban J connectivity index is 1.42. The number of aryl methyl sites for hydroxylation is 1. The first kappa shape index (κ1) is 24.0. The summed E-state index contributed by atoms with van der Waals surface area (Å²) in [5, 5.41) is 0. The van der Waals surface area contributed by atoms with Gasteiger partial charge in [-0.3, -0.25) is 9.59 Å². The summed E-state index contributed by atoms with van der Waals surface area (Å²) in [5.41, 5.74) is 3.77. The van der Waals surface area contributed by atoms with Gasteiger partial charge >= 0.3 is 0 Å². The lowest BCUT2D eigenvalue weighted by atomic mass is 10.0. The molecular weight excluding hydrogens is 446 g/mol. The van der Waals surface area contributed by atoms with E-state index in [1.807, 2.05) is 61.5 Å². The van der Waals surface area contributed by atoms with Gasteiger partial charge in [0.1, 0.15) is 5.78 Å². The van der Waals surface area contributed by atoms with Crippen LogP contribution in [0, 0.1) is 6.92 Å². The first-order valence-corrected chi connectivity index (χ1v) is 13.0. The van der Waals surface area contributed by atoms with E-state index in [4.69, 9.17) is 0 Å². The fourth-order valence-electron chi connectivity index (χ4n) is 4.40. The summed E-state index contributed by atoms with van der Waals surface area (Å²) in [6.45, 7) is 2.34. The van der Waals surface area contributed by atoms with Gasteiger partial charge < -0.3 is 0 Å². The fraction of sp³-hybridized carbons (Fsp3) is 0.286. The van der Waals surface area contributed by atoms with Crippen molar-refractivity contribution in [3.8, 4) is 0 Å². The van der Waals surface area contributed by atoms with Crippen molar-refractivity contribution in [3.05, 3.63) is 101 Å². The van der Waals surface area contributed by atoms with Crippen molar-refractivity contribution in [1.82, 2.24) is 4.31 Å². The molecule has 0 unspecified atom stereocenters. The minimum Gasteiger partial charge on any atom is -0.299 e. The standard InChI is InChI=1S/C28H29NO4S/c1-21-9-11-23(12-10-21)18-25(30)19-24-13-15-26(16-14-24)34(32,33)29-17-5-8-27(29)28(31)20-22-6-3-2-4-7-22/h2-4,6-7,9-16,27H,5,8,17-20H2,1H3/t27-/m0/s1. The maximum absolute atomic E-state index is 13.3. The number of carbonyl (C=O) groups is 2. The number of benzene rings is 3. The van der Waals surface area contributed by atoms with Crippen LogP contribution in [0.2, 0.25) is 0 Å². The molecule has 0 aromatic heterocycles. The van der Waals surface area contributed by atoms with E-state index < -0.39 is 16.1 Å². The third-order valence-electron chi connectivity index (χ3n) is 6.25. The highest BCUT2D eigenvalue weighted by Crippen LogP contribution is 2.27. The van der Waals surface area contributed by atoms with Crippen molar-refractivity contribution in [1.29, 1.82) is 0 Å². The molecule has 3 aromatic rings. The lowest BCUT2D eigenvalue weighted by molar-refractivity contribution is -0.121.